The molecule has 2 N–H and O–H groups in total. The summed E-state index contributed by atoms with van der Waals surface area (Å²) in [7, 11) is 0. The van der Waals surface area contributed by atoms with Crippen LogP contribution in [0, 0.1) is 0 Å². The molecule has 1 saturated heterocycles. The Bertz CT molecular complexity index is 861. The molecule has 0 bridgehead atoms. The lowest BCUT2D eigenvalue weighted by molar-refractivity contribution is -0.120. The number of thiophene rings is 1. The van der Waals surface area contributed by atoms with E-state index in [1.807, 2.05) is 35.2 Å². The Labute approximate surface area is 188 Å². The third kappa shape index (κ3) is 6.40. The second-order valence-electron chi connectivity index (χ2n) is 8.38. The maximum atomic E-state index is 12.7. The van der Waals surface area contributed by atoms with Crippen molar-refractivity contribution in [1.29, 1.82) is 0 Å². The van der Waals surface area contributed by atoms with Crippen LogP contribution in [0.3, 0.4) is 0 Å². The smallest absolute Gasteiger partial charge is 0.345 e. The number of hydrogen-bond acceptors (Lipinski definition) is 4. The van der Waals surface area contributed by atoms with E-state index < -0.39 is 12.1 Å². The predicted octanol–water partition coefficient (Wildman–Crippen LogP) is 5.97. The molecule has 0 radical (unpaired) electrons. The molecule has 6 heteroatoms. The molecule has 1 aliphatic heterocycles. The summed E-state index contributed by atoms with van der Waals surface area (Å²) in [6, 6.07) is 11.5. The lowest BCUT2D eigenvalue weighted by Gasteiger charge is -2.36. The number of nitrogens with zero attached hydrogens (tertiary/aromatic N) is 1. The number of carbonyl (C=O) groups is 2. The fraction of sp³-hybridized carbons (Fsp3) is 0.520. The predicted molar refractivity (Wildman–Crippen MR) is 125 cm³/mol. The fourth-order valence-corrected chi connectivity index (χ4v) is 5.21. The molecule has 3 rings (SSSR count). The molecule has 1 amide bonds. The molecule has 2 unspecified atom stereocenters. The second kappa shape index (κ2) is 11.4. The van der Waals surface area contributed by atoms with Crippen LogP contribution in [0.4, 0.5) is 5.69 Å². The van der Waals surface area contributed by atoms with Crippen molar-refractivity contribution in [3.05, 3.63) is 51.7 Å². The van der Waals surface area contributed by atoms with Gasteiger partial charge in [0.1, 0.15) is 4.88 Å². The molecule has 31 heavy (non-hydrogen) atoms. The van der Waals surface area contributed by atoms with Crippen LogP contribution in [-0.2, 0) is 11.2 Å². The standard InChI is InChI=1S/C25H33NO4S/c1-2-3-4-10-22(27)18-12-14-20(15-13-18)26-19(8-6-11-24(26)28)7-5-9-21-16-17-23(31-21)25(29)30/h12-17,19,22,27H,2-11H2,1H3,(H,29,30). The van der Waals surface area contributed by atoms with E-state index in [-0.39, 0.29) is 11.9 Å². The van der Waals surface area contributed by atoms with Crippen molar-refractivity contribution in [3.8, 4) is 0 Å². The zero-order valence-corrected chi connectivity index (χ0v) is 19.1. The highest BCUT2D eigenvalue weighted by Gasteiger charge is 2.29. The zero-order valence-electron chi connectivity index (χ0n) is 18.3. The Morgan fingerprint density at radius 1 is 1.16 bits per heavy atom. The molecule has 1 aliphatic rings. The minimum Gasteiger partial charge on any atom is -0.477 e. The largest absolute Gasteiger partial charge is 0.477 e. The Morgan fingerprint density at radius 2 is 1.94 bits per heavy atom. The summed E-state index contributed by atoms with van der Waals surface area (Å²) in [5, 5.41) is 19.5. The number of aryl methyl sites for hydroxylation is 1. The number of carboxylic acids is 1. The van der Waals surface area contributed by atoms with Gasteiger partial charge in [0.05, 0.1) is 6.10 Å². The number of aliphatic hydroxyl groups excluding tert-OH is 1. The first kappa shape index (κ1) is 23.5. The number of unbranched alkanes of at least 4 members (excludes halogenated alkanes) is 2. The lowest BCUT2D eigenvalue weighted by atomic mass is 9.95. The number of aromatic carboxylic acids is 1. The summed E-state index contributed by atoms with van der Waals surface area (Å²) >= 11 is 1.33. The molecule has 0 spiro atoms. The molecular formula is C25H33NO4S. The highest BCUT2D eigenvalue weighted by atomic mass is 32.1. The van der Waals surface area contributed by atoms with Crippen LogP contribution in [0.25, 0.3) is 0 Å². The zero-order chi connectivity index (χ0) is 22.2. The summed E-state index contributed by atoms with van der Waals surface area (Å²) in [4.78, 5) is 27.2. The molecule has 0 saturated carbocycles. The van der Waals surface area contributed by atoms with Gasteiger partial charge in [-0.3, -0.25) is 4.79 Å². The number of carbonyl (C=O) groups excluding carboxylic acids is 1. The van der Waals surface area contributed by atoms with E-state index in [4.69, 9.17) is 5.11 Å². The van der Waals surface area contributed by atoms with E-state index in [1.54, 1.807) is 6.07 Å². The highest BCUT2D eigenvalue weighted by molar-refractivity contribution is 7.13. The topological polar surface area (TPSA) is 77.8 Å². The van der Waals surface area contributed by atoms with Crippen LogP contribution in [0.15, 0.2) is 36.4 Å². The van der Waals surface area contributed by atoms with Crippen LogP contribution >= 0.6 is 11.3 Å². The molecular weight excluding hydrogens is 410 g/mol. The summed E-state index contributed by atoms with van der Waals surface area (Å²) in [6.45, 7) is 2.15. The number of piperidine rings is 1. The molecule has 1 fully saturated rings. The van der Waals surface area contributed by atoms with Crippen molar-refractivity contribution in [3.63, 3.8) is 0 Å². The molecule has 1 aromatic carbocycles. The number of rotatable bonds is 11. The highest BCUT2D eigenvalue weighted by Crippen LogP contribution is 2.31. The van der Waals surface area contributed by atoms with Crippen LogP contribution < -0.4 is 4.90 Å². The normalized spacial score (nSPS) is 17.7. The fourth-order valence-electron chi connectivity index (χ4n) is 4.32. The minimum atomic E-state index is -0.876. The van der Waals surface area contributed by atoms with Crippen LogP contribution in [0.2, 0.25) is 0 Å². The quantitative estimate of drug-likeness (QED) is 0.420. The molecule has 168 valence electrons. The third-order valence-corrected chi connectivity index (χ3v) is 7.16. The van der Waals surface area contributed by atoms with Gasteiger partial charge in [0.15, 0.2) is 0 Å². The minimum absolute atomic E-state index is 0.164. The van der Waals surface area contributed by atoms with Crippen molar-refractivity contribution in [2.75, 3.05) is 4.90 Å². The van der Waals surface area contributed by atoms with Gasteiger partial charge in [-0.05, 0) is 68.4 Å². The van der Waals surface area contributed by atoms with Gasteiger partial charge in [-0.2, -0.15) is 0 Å². The van der Waals surface area contributed by atoms with Crippen molar-refractivity contribution < 1.29 is 19.8 Å². The first-order chi connectivity index (χ1) is 15.0. The third-order valence-electron chi connectivity index (χ3n) is 6.03. The van der Waals surface area contributed by atoms with E-state index in [0.29, 0.717) is 11.3 Å². The van der Waals surface area contributed by atoms with Gasteiger partial charge < -0.3 is 15.1 Å². The SMILES string of the molecule is CCCCCC(O)c1ccc(N2C(=O)CCCC2CCCc2ccc(C(=O)O)s2)cc1. The summed E-state index contributed by atoms with van der Waals surface area (Å²) in [6.07, 6.45) is 8.72. The van der Waals surface area contributed by atoms with Crippen molar-refractivity contribution in [1.82, 2.24) is 0 Å². The molecule has 2 aromatic rings. The average Bonchev–Trinajstić information content (AvgIpc) is 3.23. The molecule has 5 nitrogen and oxygen atoms in total. The average molecular weight is 444 g/mol. The van der Waals surface area contributed by atoms with Crippen LogP contribution in [0.5, 0.6) is 0 Å². The van der Waals surface area contributed by atoms with Gasteiger partial charge in [0, 0.05) is 23.0 Å². The van der Waals surface area contributed by atoms with Crippen molar-refractivity contribution in [2.24, 2.45) is 0 Å². The monoisotopic (exact) mass is 443 g/mol. The van der Waals surface area contributed by atoms with E-state index in [1.165, 1.54) is 11.3 Å². The second-order valence-corrected chi connectivity index (χ2v) is 9.54. The Morgan fingerprint density at radius 3 is 2.61 bits per heavy atom. The van der Waals surface area contributed by atoms with Gasteiger partial charge >= 0.3 is 5.97 Å². The first-order valence-electron chi connectivity index (χ1n) is 11.4. The number of carboxylic acid groups (broad SMARTS) is 1. The summed E-state index contributed by atoms with van der Waals surface area (Å²) < 4.78 is 0. The van der Waals surface area contributed by atoms with Crippen molar-refractivity contribution in [2.45, 2.75) is 83.3 Å². The number of hydrogen-bond donors (Lipinski definition) is 2. The molecule has 2 atom stereocenters. The van der Waals surface area contributed by atoms with Gasteiger partial charge in [-0.15, -0.1) is 11.3 Å². The van der Waals surface area contributed by atoms with E-state index in [2.05, 4.69) is 6.92 Å². The van der Waals surface area contributed by atoms with Crippen LogP contribution in [-0.4, -0.2) is 28.1 Å². The number of amides is 1. The number of benzene rings is 1. The number of anilines is 1. The Hall–Kier alpha value is -2.18. The molecule has 2 heterocycles. The Balaban J connectivity index is 1.60. The van der Waals surface area contributed by atoms with E-state index in [0.717, 1.165) is 73.9 Å². The van der Waals surface area contributed by atoms with Gasteiger partial charge in [0.25, 0.3) is 0 Å². The summed E-state index contributed by atoms with van der Waals surface area (Å²) in [5.74, 6) is -0.712. The molecule has 1 aromatic heterocycles. The Kier molecular flexibility index (Phi) is 8.67. The molecule has 0 aliphatic carbocycles. The maximum Gasteiger partial charge on any atom is 0.345 e. The first-order valence-corrected chi connectivity index (χ1v) is 12.2. The van der Waals surface area contributed by atoms with E-state index in [9.17, 15) is 14.7 Å². The van der Waals surface area contributed by atoms with Gasteiger partial charge in [-0.1, -0.05) is 38.3 Å². The maximum absolute atomic E-state index is 12.7. The number of aliphatic hydroxyl groups is 1. The van der Waals surface area contributed by atoms with Gasteiger partial charge in [0.2, 0.25) is 5.91 Å². The lowest BCUT2D eigenvalue weighted by Crippen LogP contribution is -2.43. The van der Waals surface area contributed by atoms with Crippen molar-refractivity contribution >= 4 is 28.9 Å². The van der Waals surface area contributed by atoms with Gasteiger partial charge in [-0.25, -0.2) is 4.79 Å². The van der Waals surface area contributed by atoms with Crippen LogP contribution in [0.1, 0.15) is 90.9 Å². The van der Waals surface area contributed by atoms with E-state index >= 15 is 0 Å². The summed E-state index contributed by atoms with van der Waals surface area (Å²) in [5.41, 5.74) is 1.82.